The van der Waals surface area contributed by atoms with Gasteiger partial charge in [0, 0.05) is 7.05 Å². The number of thiophene rings is 1. The minimum absolute atomic E-state index is 0.0947. The number of hydrogen-bond acceptors (Lipinski definition) is 5. The lowest BCUT2D eigenvalue weighted by atomic mass is 10.3. The summed E-state index contributed by atoms with van der Waals surface area (Å²) >= 11 is 1.44. The second kappa shape index (κ2) is 6.31. The molecule has 2 heterocycles. The summed E-state index contributed by atoms with van der Waals surface area (Å²) in [6.07, 6.45) is 0. The number of amides is 1. The molecule has 0 spiro atoms. The molecule has 2 aromatic heterocycles. The molecule has 3 N–H and O–H groups in total. The maximum Gasteiger partial charge on any atom is 0.269 e. The van der Waals surface area contributed by atoms with Gasteiger partial charge in [0.1, 0.15) is 16.5 Å². The van der Waals surface area contributed by atoms with Crippen molar-refractivity contribution in [3.8, 4) is 0 Å². The van der Waals surface area contributed by atoms with Crippen LogP contribution in [0.4, 0.5) is 5.00 Å². The predicted octanol–water partition coefficient (Wildman–Crippen LogP) is 1.23. The number of aryl methyl sites for hydroxylation is 2. The van der Waals surface area contributed by atoms with Crippen molar-refractivity contribution in [2.75, 3.05) is 6.54 Å². The van der Waals surface area contributed by atoms with E-state index in [9.17, 15) is 4.79 Å². The van der Waals surface area contributed by atoms with E-state index in [4.69, 9.17) is 5.21 Å². The number of nitrogens with zero attached hydrogens (tertiary/aromatic N) is 3. The number of aromatic nitrogens is 2. The average Bonchev–Trinajstić information content (AvgIpc) is 3.03. The van der Waals surface area contributed by atoms with Gasteiger partial charge in [0.2, 0.25) is 0 Å². The third-order valence-corrected chi connectivity index (χ3v) is 3.29. The van der Waals surface area contributed by atoms with Gasteiger partial charge in [-0.3, -0.25) is 20.2 Å². The molecule has 0 aliphatic carbocycles. The van der Waals surface area contributed by atoms with Crippen LogP contribution >= 0.6 is 11.3 Å². The first-order valence-electron chi connectivity index (χ1n) is 5.90. The second-order valence-corrected chi connectivity index (χ2v) is 5.02. The summed E-state index contributed by atoms with van der Waals surface area (Å²) in [5.74, 6) is -0.0121. The summed E-state index contributed by atoms with van der Waals surface area (Å²) in [5.41, 5.74) is 3.21. The Balaban J connectivity index is 2.00. The molecule has 20 heavy (non-hydrogen) atoms. The van der Waals surface area contributed by atoms with Crippen molar-refractivity contribution in [3.05, 3.63) is 35.0 Å². The van der Waals surface area contributed by atoms with Gasteiger partial charge in [0.05, 0.1) is 12.2 Å². The Morgan fingerprint density at radius 1 is 1.60 bits per heavy atom. The normalized spacial score (nSPS) is 11.4. The van der Waals surface area contributed by atoms with Crippen LogP contribution in [0.25, 0.3) is 0 Å². The molecule has 0 radical (unpaired) electrons. The van der Waals surface area contributed by atoms with Crippen LogP contribution in [-0.4, -0.2) is 33.3 Å². The molecule has 0 bridgehead atoms. The van der Waals surface area contributed by atoms with Gasteiger partial charge in [0.25, 0.3) is 5.91 Å². The van der Waals surface area contributed by atoms with Crippen LogP contribution in [0.15, 0.2) is 28.6 Å². The molecule has 0 atom stereocenters. The number of carbonyl (C=O) groups excluding carboxylic acids is 1. The summed E-state index contributed by atoms with van der Waals surface area (Å²) in [6.45, 7) is 1.91. The van der Waals surface area contributed by atoms with E-state index >= 15 is 0 Å². The van der Waals surface area contributed by atoms with E-state index < -0.39 is 0 Å². The zero-order valence-electron chi connectivity index (χ0n) is 11.1. The summed E-state index contributed by atoms with van der Waals surface area (Å²) in [7, 11) is 1.70. The lowest BCUT2D eigenvalue weighted by Gasteiger charge is -2.06. The van der Waals surface area contributed by atoms with E-state index in [1.54, 1.807) is 13.1 Å². The summed E-state index contributed by atoms with van der Waals surface area (Å²) in [6, 6.07) is 5.36. The van der Waals surface area contributed by atoms with Crippen molar-refractivity contribution in [2.45, 2.75) is 6.92 Å². The Morgan fingerprint density at radius 2 is 2.40 bits per heavy atom. The molecule has 0 saturated heterocycles. The fraction of sp³-hybridized carbons (Fsp3) is 0.250. The Hall–Kier alpha value is -2.19. The topological polar surface area (TPSA) is 91.5 Å². The van der Waals surface area contributed by atoms with Gasteiger partial charge >= 0.3 is 0 Å². The average molecular weight is 293 g/mol. The molecule has 0 fully saturated rings. The van der Waals surface area contributed by atoms with E-state index in [1.165, 1.54) is 16.0 Å². The van der Waals surface area contributed by atoms with Gasteiger partial charge < -0.3 is 5.32 Å². The molecule has 0 aromatic carbocycles. The Labute approximate surface area is 119 Å². The molecule has 8 heteroatoms. The van der Waals surface area contributed by atoms with Crippen molar-refractivity contribution < 1.29 is 10.0 Å². The Morgan fingerprint density at radius 3 is 2.95 bits per heavy atom. The zero-order valence-corrected chi connectivity index (χ0v) is 11.9. The predicted molar refractivity (Wildman–Crippen MR) is 76.6 cm³/mol. The number of hydrogen-bond donors (Lipinski definition) is 3. The van der Waals surface area contributed by atoms with Crippen LogP contribution in [0.3, 0.4) is 0 Å². The van der Waals surface area contributed by atoms with Gasteiger partial charge in [-0.2, -0.15) is 5.10 Å². The molecule has 106 valence electrons. The van der Waals surface area contributed by atoms with Gasteiger partial charge in [-0.25, -0.2) is 4.99 Å². The van der Waals surface area contributed by atoms with Crippen molar-refractivity contribution in [2.24, 2.45) is 12.0 Å². The minimum atomic E-state index is -0.276. The smallest absolute Gasteiger partial charge is 0.269 e. The number of amidine groups is 1. The van der Waals surface area contributed by atoms with Crippen LogP contribution in [-0.2, 0) is 7.05 Å². The van der Waals surface area contributed by atoms with Crippen LogP contribution in [0.5, 0.6) is 0 Å². The third-order valence-electron chi connectivity index (χ3n) is 2.53. The van der Waals surface area contributed by atoms with Gasteiger partial charge in [-0.15, -0.1) is 11.3 Å². The highest BCUT2D eigenvalue weighted by Crippen LogP contribution is 2.18. The maximum absolute atomic E-state index is 12.0. The lowest BCUT2D eigenvalue weighted by Crippen LogP contribution is -2.36. The first-order valence-corrected chi connectivity index (χ1v) is 6.78. The van der Waals surface area contributed by atoms with Crippen molar-refractivity contribution in [3.63, 3.8) is 0 Å². The van der Waals surface area contributed by atoms with Crippen molar-refractivity contribution >= 4 is 28.1 Å². The quantitative estimate of drug-likeness (QED) is 0.449. The highest BCUT2D eigenvalue weighted by atomic mass is 32.1. The maximum atomic E-state index is 12.0. The first-order chi connectivity index (χ1) is 9.60. The molecular weight excluding hydrogens is 278 g/mol. The highest BCUT2D eigenvalue weighted by Gasteiger charge is 2.12. The van der Waals surface area contributed by atoms with Crippen LogP contribution in [0, 0.1) is 6.92 Å². The fourth-order valence-corrected chi connectivity index (χ4v) is 2.26. The highest BCUT2D eigenvalue weighted by molar-refractivity contribution is 7.13. The van der Waals surface area contributed by atoms with Gasteiger partial charge in [0.15, 0.2) is 0 Å². The van der Waals surface area contributed by atoms with Gasteiger partial charge in [-0.1, -0.05) is 0 Å². The summed E-state index contributed by atoms with van der Waals surface area (Å²) in [5, 5.41) is 18.4. The number of nitrogens with one attached hydrogen (secondary N) is 2. The molecule has 7 nitrogen and oxygen atoms in total. The molecule has 0 saturated carbocycles. The van der Waals surface area contributed by atoms with Crippen LogP contribution < -0.4 is 10.8 Å². The van der Waals surface area contributed by atoms with Crippen molar-refractivity contribution in [1.29, 1.82) is 0 Å². The van der Waals surface area contributed by atoms with Crippen molar-refractivity contribution in [1.82, 2.24) is 20.6 Å². The largest absolute Gasteiger partial charge is 0.343 e. The van der Waals surface area contributed by atoms with E-state index in [2.05, 4.69) is 15.4 Å². The molecule has 2 aromatic rings. The summed E-state index contributed by atoms with van der Waals surface area (Å²) < 4.78 is 1.51. The van der Waals surface area contributed by atoms with E-state index in [1.807, 2.05) is 29.9 Å². The molecule has 0 unspecified atom stereocenters. The van der Waals surface area contributed by atoms with E-state index in [0.717, 1.165) is 10.7 Å². The molecule has 0 aliphatic heterocycles. The molecule has 2 rings (SSSR count). The number of rotatable bonds is 4. The second-order valence-electron chi connectivity index (χ2n) is 4.10. The van der Waals surface area contributed by atoms with Gasteiger partial charge in [-0.05, 0) is 30.5 Å². The molecular formula is C12H15N5O2S. The Bertz CT molecular complexity index is 618. The minimum Gasteiger partial charge on any atom is -0.343 e. The number of aliphatic imine (C=N–C) groups is 1. The molecule has 1 amide bonds. The fourth-order valence-electron chi connectivity index (χ4n) is 1.65. The number of carbonyl (C=O) groups is 1. The third kappa shape index (κ3) is 3.43. The zero-order chi connectivity index (χ0) is 14.5. The lowest BCUT2D eigenvalue weighted by molar-refractivity contribution is 0.0948. The SMILES string of the molecule is Cc1cc(C(=O)NCC(=Nc2cccs2)NO)n(C)n1. The number of hydroxylamine groups is 1. The van der Waals surface area contributed by atoms with E-state index in [0.29, 0.717) is 5.69 Å². The van der Waals surface area contributed by atoms with Crippen LogP contribution in [0.2, 0.25) is 0 Å². The first kappa shape index (κ1) is 14.2. The van der Waals surface area contributed by atoms with E-state index in [-0.39, 0.29) is 18.3 Å². The van der Waals surface area contributed by atoms with Crippen LogP contribution in [0.1, 0.15) is 16.2 Å². The standard InChI is InChI=1S/C12H15N5O2S/c1-8-6-9(17(2)15-8)12(18)13-7-10(16-19)14-11-4-3-5-20-11/h3-6,19H,7H2,1-2H3,(H,13,18)(H,14,16). The monoisotopic (exact) mass is 293 g/mol. The molecule has 0 aliphatic rings. The Kier molecular flexibility index (Phi) is 4.49. The summed E-state index contributed by atoms with van der Waals surface area (Å²) in [4.78, 5) is 16.1.